The Hall–Kier alpha value is -0.290. The van der Waals surface area contributed by atoms with E-state index in [4.69, 9.17) is 0 Å². The van der Waals surface area contributed by atoms with Gasteiger partial charge in [0.2, 0.25) is 0 Å². The number of nitrogens with one attached hydrogen (secondary N) is 1. The van der Waals surface area contributed by atoms with Crippen molar-refractivity contribution in [1.29, 1.82) is 0 Å². The number of hydrogen-bond acceptors (Lipinski definition) is 2. The molecule has 1 aliphatic heterocycles. The van der Waals surface area contributed by atoms with E-state index in [1.807, 2.05) is 0 Å². The molecule has 1 heterocycles. The molecule has 124 valence electrons. The number of likely N-dealkylation sites (tertiary alicyclic amines) is 1. The Balaban J connectivity index is 1.87. The van der Waals surface area contributed by atoms with E-state index < -0.39 is 12.1 Å². The molecule has 2 fully saturated rings. The van der Waals surface area contributed by atoms with Gasteiger partial charge in [0.25, 0.3) is 0 Å². The molecular weight excluding hydrogens is 277 g/mol. The Morgan fingerprint density at radius 1 is 1.00 bits per heavy atom. The van der Waals surface area contributed by atoms with Crippen LogP contribution in [0.4, 0.5) is 13.2 Å². The highest BCUT2D eigenvalue weighted by atomic mass is 19.4. The predicted molar refractivity (Wildman–Crippen MR) is 79.3 cm³/mol. The van der Waals surface area contributed by atoms with Crippen molar-refractivity contribution in [3.8, 4) is 0 Å². The summed E-state index contributed by atoms with van der Waals surface area (Å²) in [6, 6.07) is -0.0960. The minimum absolute atomic E-state index is 0.264. The molecule has 1 aliphatic carbocycles. The van der Waals surface area contributed by atoms with E-state index in [0.29, 0.717) is 12.8 Å². The molecule has 1 saturated carbocycles. The van der Waals surface area contributed by atoms with Crippen LogP contribution in [-0.4, -0.2) is 42.8 Å². The van der Waals surface area contributed by atoms with Crippen LogP contribution in [-0.2, 0) is 0 Å². The summed E-state index contributed by atoms with van der Waals surface area (Å²) in [5.74, 6) is -1.14. The Bertz CT molecular complexity index is 306. The van der Waals surface area contributed by atoms with Crippen LogP contribution in [0.5, 0.6) is 0 Å². The highest BCUT2D eigenvalue weighted by Gasteiger charge is 2.45. The summed E-state index contributed by atoms with van der Waals surface area (Å²) in [7, 11) is 0. The Morgan fingerprint density at radius 2 is 1.76 bits per heavy atom. The predicted octanol–water partition coefficient (Wildman–Crippen LogP) is 3.96. The highest BCUT2D eigenvalue weighted by Crippen LogP contribution is 2.38. The molecule has 3 unspecified atom stereocenters. The number of hydrogen-bond donors (Lipinski definition) is 1. The molecular formula is C16H29F3N2. The smallest absolute Gasteiger partial charge is 0.311 e. The molecule has 0 aromatic carbocycles. The van der Waals surface area contributed by atoms with E-state index in [1.54, 1.807) is 0 Å². The number of alkyl halides is 3. The topological polar surface area (TPSA) is 15.3 Å². The van der Waals surface area contributed by atoms with Gasteiger partial charge in [-0.25, -0.2) is 0 Å². The average molecular weight is 306 g/mol. The van der Waals surface area contributed by atoms with E-state index >= 15 is 0 Å². The lowest BCUT2D eigenvalue weighted by molar-refractivity contribution is -0.189. The van der Waals surface area contributed by atoms with Gasteiger partial charge in [-0.15, -0.1) is 0 Å². The molecule has 2 rings (SSSR count). The lowest BCUT2D eigenvalue weighted by Gasteiger charge is -2.36. The van der Waals surface area contributed by atoms with Crippen molar-refractivity contribution in [3.63, 3.8) is 0 Å². The molecule has 2 nitrogen and oxygen atoms in total. The second-order valence-corrected chi connectivity index (χ2v) is 6.68. The largest absolute Gasteiger partial charge is 0.393 e. The van der Waals surface area contributed by atoms with Crippen molar-refractivity contribution in [2.24, 2.45) is 5.92 Å². The first-order valence-electron chi connectivity index (χ1n) is 8.56. The third kappa shape index (κ3) is 5.13. The zero-order valence-electron chi connectivity index (χ0n) is 13.1. The number of halogens is 3. The van der Waals surface area contributed by atoms with E-state index in [1.165, 1.54) is 0 Å². The van der Waals surface area contributed by atoms with Crippen LogP contribution in [0.1, 0.15) is 58.3 Å². The molecule has 0 amide bonds. The van der Waals surface area contributed by atoms with Crippen molar-refractivity contribution in [2.45, 2.75) is 76.6 Å². The lowest BCUT2D eigenvalue weighted by Crippen LogP contribution is -2.49. The van der Waals surface area contributed by atoms with Crippen LogP contribution < -0.4 is 5.32 Å². The summed E-state index contributed by atoms with van der Waals surface area (Å²) >= 11 is 0. The molecule has 0 aromatic rings. The van der Waals surface area contributed by atoms with Crippen molar-refractivity contribution >= 4 is 0 Å². The van der Waals surface area contributed by atoms with Crippen LogP contribution in [0, 0.1) is 5.92 Å². The quantitative estimate of drug-likeness (QED) is 0.845. The third-order valence-corrected chi connectivity index (χ3v) is 5.00. The van der Waals surface area contributed by atoms with Gasteiger partial charge in [-0.3, -0.25) is 0 Å². The zero-order valence-corrected chi connectivity index (χ0v) is 13.1. The fourth-order valence-corrected chi connectivity index (χ4v) is 3.89. The van der Waals surface area contributed by atoms with Crippen molar-refractivity contribution < 1.29 is 13.2 Å². The van der Waals surface area contributed by atoms with Gasteiger partial charge in [0, 0.05) is 12.1 Å². The second kappa shape index (κ2) is 7.82. The first kappa shape index (κ1) is 17.1. The van der Waals surface area contributed by atoms with Crippen molar-refractivity contribution in [1.82, 2.24) is 10.2 Å². The van der Waals surface area contributed by atoms with Crippen molar-refractivity contribution in [2.75, 3.05) is 19.6 Å². The minimum atomic E-state index is -4.04. The van der Waals surface area contributed by atoms with Crippen LogP contribution in [0.3, 0.4) is 0 Å². The van der Waals surface area contributed by atoms with Gasteiger partial charge >= 0.3 is 6.18 Å². The maximum Gasteiger partial charge on any atom is 0.393 e. The third-order valence-electron chi connectivity index (χ3n) is 5.00. The molecule has 0 radical (unpaired) electrons. The standard InChI is InChI=1S/C16H29F3N2/c1-2-10-21-11-5-6-13(9-12-21)20-15-8-4-3-7-14(15)16(17,18)19/h13-15,20H,2-12H2,1H3. The Labute approximate surface area is 126 Å². The summed E-state index contributed by atoms with van der Waals surface area (Å²) in [6.45, 7) is 5.41. The van der Waals surface area contributed by atoms with E-state index in [9.17, 15) is 13.2 Å². The average Bonchev–Trinajstić information content (AvgIpc) is 2.64. The molecule has 1 N–H and O–H groups in total. The lowest BCUT2D eigenvalue weighted by atomic mass is 9.83. The summed E-state index contributed by atoms with van der Waals surface area (Å²) in [5, 5.41) is 3.37. The van der Waals surface area contributed by atoms with E-state index in [2.05, 4.69) is 17.1 Å². The van der Waals surface area contributed by atoms with Crippen LogP contribution in [0.2, 0.25) is 0 Å². The van der Waals surface area contributed by atoms with Gasteiger partial charge in [-0.1, -0.05) is 19.8 Å². The normalized spacial score (nSPS) is 32.9. The van der Waals surface area contributed by atoms with Crippen molar-refractivity contribution in [3.05, 3.63) is 0 Å². The number of nitrogens with zero attached hydrogens (tertiary/aromatic N) is 1. The van der Waals surface area contributed by atoms with Crippen LogP contribution in [0.25, 0.3) is 0 Å². The van der Waals surface area contributed by atoms with Gasteiger partial charge in [-0.2, -0.15) is 13.2 Å². The molecule has 0 spiro atoms. The molecule has 21 heavy (non-hydrogen) atoms. The first-order chi connectivity index (χ1) is 10.0. The molecule has 0 bridgehead atoms. The first-order valence-corrected chi connectivity index (χ1v) is 8.56. The molecule has 2 aliphatic rings. The summed E-state index contributed by atoms with van der Waals surface area (Å²) in [5.41, 5.74) is 0. The maximum absolute atomic E-state index is 13.1. The summed E-state index contributed by atoms with van der Waals surface area (Å²) in [6.07, 6.45) is 2.84. The van der Waals surface area contributed by atoms with Gasteiger partial charge in [0.05, 0.1) is 5.92 Å². The van der Waals surface area contributed by atoms with Gasteiger partial charge in [0.15, 0.2) is 0 Å². The summed E-state index contributed by atoms with van der Waals surface area (Å²) in [4.78, 5) is 2.45. The highest BCUT2D eigenvalue weighted by molar-refractivity contribution is 4.88. The van der Waals surface area contributed by atoms with Gasteiger partial charge in [0.1, 0.15) is 0 Å². The molecule has 3 atom stereocenters. The van der Waals surface area contributed by atoms with E-state index in [-0.39, 0.29) is 12.1 Å². The number of rotatable bonds is 4. The Morgan fingerprint density at radius 3 is 2.48 bits per heavy atom. The van der Waals surface area contributed by atoms with E-state index in [0.717, 1.165) is 58.2 Å². The van der Waals surface area contributed by atoms with Gasteiger partial charge in [-0.05, 0) is 58.2 Å². The molecule has 0 aromatic heterocycles. The molecule has 5 heteroatoms. The summed E-state index contributed by atoms with van der Waals surface area (Å²) < 4.78 is 39.4. The second-order valence-electron chi connectivity index (χ2n) is 6.68. The van der Waals surface area contributed by atoms with Crippen LogP contribution in [0.15, 0.2) is 0 Å². The zero-order chi connectivity index (χ0) is 15.3. The monoisotopic (exact) mass is 306 g/mol. The Kier molecular flexibility index (Phi) is 6.35. The fraction of sp³-hybridized carbons (Fsp3) is 1.00. The maximum atomic E-state index is 13.1. The molecule has 1 saturated heterocycles. The minimum Gasteiger partial charge on any atom is -0.311 e. The van der Waals surface area contributed by atoms with Crippen LogP contribution >= 0.6 is 0 Å². The SMILES string of the molecule is CCCN1CCCC(NC2CCCCC2C(F)(F)F)CC1. The fourth-order valence-electron chi connectivity index (χ4n) is 3.89. The van der Waals surface area contributed by atoms with Gasteiger partial charge < -0.3 is 10.2 Å².